The summed E-state index contributed by atoms with van der Waals surface area (Å²) in [4.78, 5) is 13.4. The number of aryl methyl sites for hydroxylation is 1. The normalized spacial score (nSPS) is 21.6. The fourth-order valence-corrected chi connectivity index (χ4v) is 1.62. The number of hydrogen-bond acceptors (Lipinski definition) is 3. The Kier molecular flexibility index (Phi) is 2.25. The van der Waals surface area contributed by atoms with Gasteiger partial charge in [0.2, 0.25) is 0 Å². The van der Waals surface area contributed by atoms with Gasteiger partial charge in [-0.2, -0.15) is 5.10 Å². The van der Waals surface area contributed by atoms with E-state index in [0.29, 0.717) is 25.2 Å². The minimum atomic E-state index is -0.373. The van der Waals surface area contributed by atoms with Crippen LogP contribution in [0.5, 0.6) is 0 Å². The first-order valence-corrected chi connectivity index (χ1v) is 4.64. The molecular formula is C9H13N3O2. The molecule has 14 heavy (non-hydrogen) atoms. The largest absolute Gasteiger partial charge is 0.391 e. The number of hydrogen-bond donors (Lipinski definition) is 1. The third-order valence-electron chi connectivity index (χ3n) is 2.38. The molecule has 5 nitrogen and oxygen atoms in total. The molecule has 1 aromatic rings. The van der Waals surface area contributed by atoms with E-state index in [0.717, 1.165) is 0 Å². The number of aliphatic hydroxyl groups excluding tert-OH is 1. The second kappa shape index (κ2) is 3.42. The number of amides is 1. The van der Waals surface area contributed by atoms with Gasteiger partial charge in [-0.25, -0.2) is 0 Å². The molecule has 1 N–H and O–H groups in total. The number of aliphatic hydroxyl groups is 1. The van der Waals surface area contributed by atoms with Crippen LogP contribution in [0.1, 0.15) is 16.9 Å². The maximum absolute atomic E-state index is 11.7. The van der Waals surface area contributed by atoms with Gasteiger partial charge in [0.1, 0.15) is 5.69 Å². The van der Waals surface area contributed by atoms with Crippen LogP contribution < -0.4 is 0 Å². The lowest BCUT2D eigenvalue weighted by atomic mass is 10.3. The Morgan fingerprint density at radius 3 is 3.00 bits per heavy atom. The van der Waals surface area contributed by atoms with Crippen molar-refractivity contribution in [2.75, 3.05) is 13.1 Å². The van der Waals surface area contributed by atoms with Gasteiger partial charge in [0.15, 0.2) is 0 Å². The standard InChI is InChI=1S/C9H13N3O2/c1-11-4-3-8(10-11)9(14)12-5-2-7(13)6-12/h3-4,7,13H,2,5-6H2,1H3/t7-/m1/s1. The summed E-state index contributed by atoms with van der Waals surface area (Å²) in [5.74, 6) is -0.0952. The quantitative estimate of drug-likeness (QED) is 0.665. The predicted molar refractivity (Wildman–Crippen MR) is 49.7 cm³/mol. The van der Waals surface area contributed by atoms with Crippen LogP contribution in [0.25, 0.3) is 0 Å². The number of likely N-dealkylation sites (tertiary alicyclic amines) is 1. The van der Waals surface area contributed by atoms with E-state index in [1.807, 2.05) is 0 Å². The van der Waals surface area contributed by atoms with Crippen molar-refractivity contribution in [3.63, 3.8) is 0 Å². The maximum atomic E-state index is 11.7. The summed E-state index contributed by atoms with van der Waals surface area (Å²) in [7, 11) is 1.77. The van der Waals surface area contributed by atoms with E-state index in [2.05, 4.69) is 5.10 Å². The van der Waals surface area contributed by atoms with Crippen LogP contribution in [0.3, 0.4) is 0 Å². The van der Waals surface area contributed by atoms with E-state index in [9.17, 15) is 9.90 Å². The highest BCUT2D eigenvalue weighted by Crippen LogP contribution is 2.11. The van der Waals surface area contributed by atoms with Crippen molar-refractivity contribution in [1.29, 1.82) is 0 Å². The highest BCUT2D eigenvalue weighted by molar-refractivity contribution is 5.92. The van der Waals surface area contributed by atoms with Crippen LogP contribution in [0, 0.1) is 0 Å². The van der Waals surface area contributed by atoms with E-state index < -0.39 is 0 Å². The molecule has 2 heterocycles. The molecule has 5 heteroatoms. The lowest BCUT2D eigenvalue weighted by Crippen LogP contribution is -2.29. The summed E-state index contributed by atoms with van der Waals surface area (Å²) in [5.41, 5.74) is 0.446. The first-order chi connectivity index (χ1) is 6.66. The highest BCUT2D eigenvalue weighted by atomic mass is 16.3. The summed E-state index contributed by atoms with van der Waals surface area (Å²) < 4.78 is 1.60. The Bertz CT molecular complexity index is 348. The third kappa shape index (κ3) is 1.63. The zero-order valence-electron chi connectivity index (χ0n) is 8.05. The second-order valence-electron chi connectivity index (χ2n) is 3.57. The molecule has 2 rings (SSSR count). The van der Waals surface area contributed by atoms with Gasteiger partial charge in [0.05, 0.1) is 6.10 Å². The molecule has 1 saturated heterocycles. The highest BCUT2D eigenvalue weighted by Gasteiger charge is 2.26. The molecule has 1 atom stereocenters. The molecule has 0 saturated carbocycles. The molecule has 76 valence electrons. The predicted octanol–water partition coefficient (Wildman–Crippen LogP) is -0.373. The van der Waals surface area contributed by atoms with Crippen molar-refractivity contribution < 1.29 is 9.90 Å². The molecule has 1 fully saturated rings. The van der Waals surface area contributed by atoms with Gasteiger partial charge in [-0.3, -0.25) is 9.48 Å². The Hall–Kier alpha value is -1.36. The van der Waals surface area contributed by atoms with Gasteiger partial charge in [-0.1, -0.05) is 0 Å². The number of nitrogens with zero attached hydrogens (tertiary/aromatic N) is 3. The first kappa shape index (κ1) is 9.21. The number of aromatic nitrogens is 2. The van der Waals surface area contributed by atoms with Crippen molar-refractivity contribution in [3.8, 4) is 0 Å². The average molecular weight is 195 g/mol. The van der Waals surface area contributed by atoms with Crippen LogP contribution in [-0.2, 0) is 7.05 Å². The zero-order chi connectivity index (χ0) is 10.1. The molecule has 0 unspecified atom stereocenters. The van der Waals surface area contributed by atoms with Gasteiger partial charge in [0, 0.05) is 26.3 Å². The Balaban J connectivity index is 2.09. The van der Waals surface area contributed by atoms with E-state index in [4.69, 9.17) is 0 Å². The smallest absolute Gasteiger partial charge is 0.274 e. The van der Waals surface area contributed by atoms with Gasteiger partial charge in [-0.15, -0.1) is 0 Å². The summed E-state index contributed by atoms with van der Waals surface area (Å²) in [6.45, 7) is 1.05. The number of carbonyl (C=O) groups excluding carboxylic acids is 1. The molecule has 0 aliphatic carbocycles. The van der Waals surface area contributed by atoms with E-state index in [1.54, 1.807) is 28.9 Å². The number of rotatable bonds is 1. The first-order valence-electron chi connectivity index (χ1n) is 4.64. The lowest BCUT2D eigenvalue weighted by Gasteiger charge is -2.13. The summed E-state index contributed by atoms with van der Waals surface area (Å²) in [6.07, 6.45) is 2.03. The molecule has 0 aromatic carbocycles. The Morgan fingerprint density at radius 2 is 2.50 bits per heavy atom. The molecule has 0 bridgehead atoms. The van der Waals surface area contributed by atoms with Gasteiger partial charge in [0.25, 0.3) is 5.91 Å². The number of carbonyl (C=O) groups is 1. The van der Waals surface area contributed by atoms with Crippen LogP contribution >= 0.6 is 0 Å². The Labute approximate surface area is 81.9 Å². The van der Waals surface area contributed by atoms with E-state index >= 15 is 0 Å². The molecule has 0 radical (unpaired) electrons. The van der Waals surface area contributed by atoms with Gasteiger partial charge in [-0.05, 0) is 12.5 Å². The molecular weight excluding hydrogens is 182 g/mol. The maximum Gasteiger partial charge on any atom is 0.274 e. The topological polar surface area (TPSA) is 58.4 Å². The van der Waals surface area contributed by atoms with E-state index in [1.165, 1.54) is 0 Å². The average Bonchev–Trinajstić information content (AvgIpc) is 2.73. The molecule has 0 spiro atoms. The summed E-state index contributed by atoms with van der Waals surface area (Å²) in [6, 6.07) is 1.69. The van der Waals surface area contributed by atoms with Crippen molar-refractivity contribution in [2.24, 2.45) is 7.05 Å². The van der Waals surface area contributed by atoms with Crippen LogP contribution in [0.15, 0.2) is 12.3 Å². The minimum Gasteiger partial charge on any atom is -0.391 e. The molecule has 1 aromatic heterocycles. The van der Waals surface area contributed by atoms with Crippen LogP contribution in [0.4, 0.5) is 0 Å². The lowest BCUT2D eigenvalue weighted by molar-refractivity contribution is 0.0758. The molecule has 1 aliphatic heterocycles. The fourth-order valence-electron chi connectivity index (χ4n) is 1.62. The van der Waals surface area contributed by atoms with E-state index in [-0.39, 0.29) is 12.0 Å². The van der Waals surface area contributed by atoms with Crippen molar-refractivity contribution in [2.45, 2.75) is 12.5 Å². The summed E-state index contributed by atoms with van der Waals surface area (Å²) in [5, 5.41) is 13.3. The van der Waals surface area contributed by atoms with Crippen molar-refractivity contribution in [3.05, 3.63) is 18.0 Å². The number of β-amino-alcohol motifs (C(OH)–C–C–N with tert-alkyl or cyclic N) is 1. The fraction of sp³-hybridized carbons (Fsp3) is 0.556. The third-order valence-corrected chi connectivity index (χ3v) is 2.38. The van der Waals surface area contributed by atoms with Crippen LogP contribution in [0.2, 0.25) is 0 Å². The Morgan fingerprint density at radius 1 is 1.71 bits per heavy atom. The molecule has 1 aliphatic rings. The van der Waals surface area contributed by atoms with Gasteiger partial charge < -0.3 is 10.0 Å². The zero-order valence-corrected chi connectivity index (χ0v) is 8.05. The minimum absolute atomic E-state index is 0.0952. The SMILES string of the molecule is Cn1ccc(C(=O)N2CC[C@@H](O)C2)n1. The monoisotopic (exact) mass is 195 g/mol. The van der Waals surface area contributed by atoms with Crippen molar-refractivity contribution in [1.82, 2.24) is 14.7 Å². The molecule has 1 amide bonds. The second-order valence-corrected chi connectivity index (χ2v) is 3.57. The van der Waals surface area contributed by atoms with Crippen molar-refractivity contribution >= 4 is 5.91 Å². The van der Waals surface area contributed by atoms with Gasteiger partial charge >= 0.3 is 0 Å². The summed E-state index contributed by atoms with van der Waals surface area (Å²) >= 11 is 0. The van der Waals surface area contributed by atoms with Crippen LogP contribution in [-0.4, -0.2) is 44.9 Å².